The van der Waals surface area contributed by atoms with Crippen LogP contribution in [0, 0.1) is 5.92 Å². The highest BCUT2D eigenvalue weighted by molar-refractivity contribution is 5.73. The summed E-state index contributed by atoms with van der Waals surface area (Å²) in [6.45, 7) is 13.3. The lowest BCUT2D eigenvalue weighted by Gasteiger charge is -2.22. The summed E-state index contributed by atoms with van der Waals surface area (Å²) in [4.78, 5) is 22.0. The van der Waals surface area contributed by atoms with E-state index in [1.165, 1.54) is 0 Å². The fourth-order valence-electron chi connectivity index (χ4n) is 1.12. The molecule has 0 aromatic rings. The molecule has 1 amide bonds. The van der Waals surface area contributed by atoms with Crippen molar-refractivity contribution in [1.29, 1.82) is 0 Å². The summed E-state index contributed by atoms with van der Waals surface area (Å²) in [6, 6.07) is -0.458. The highest BCUT2D eigenvalue weighted by Gasteiger charge is 2.19. The summed E-state index contributed by atoms with van der Waals surface area (Å²) in [6.07, 6.45) is 0.826. The SMILES string of the molecule is CC.CC(C)C[C@@H](C=O)NC(=O)OC(C)(C)C. The number of carbonyl (C=O) groups excluding carboxylic acids is 2. The molecule has 0 aliphatic carbocycles. The van der Waals surface area contributed by atoms with Crippen LogP contribution in [0.15, 0.2) is 0 Å². The predicted octanol–water partition coefficient (Wildman–Crippen LogP) is 3.15. The van der Waals surface area contributed by atoms with Gasteiger partial charge in [-0.25, -0.2) is 4.79 Å². The van der Waals surface area contributed by atoms with Gasteiger partial charge in [0.15, 0.2) is 0 Å². The minimum atomic E-state index is -0.541. The molecule has 17 heavy (non-hydrogen) atoms. The number of ether oxygens (including phenoxy) is 1. The maximum Gasteiger partial charge on any atom is 0.408 e. The molecule has 0 aromatic carbocycles. The Morgan fingerprint density at radius 2 is 1.76 bits per heavy atom. The van der Waals surface area contributed by atoms with Gasteiger partial charge in [-0.3, -0.25) is 0 Å². The monoisotopic (exact) mass is 245 g/mol. The van der Waals surface area contributed by atoms with E-state index >= 15 is 0 Å². The fourth-order valence-corrected chi connectivity index (χ4v) is 1.12. The van der Waals surface area contributed by atoms with Crippen LogP contribution in [-0.2, 0) is 9.53 Å². The van der Waals surface area contributed by atoms with Gasteiger partial charge in [-0.15, -0.1) is 0 Å². The van der Waals surface area contributed by atoms with Crippen molar-refractivity contribution in [1.82, 2.24) is 5.32 Å². The van der Waals surface area contributed by atoms with Crippen molar-refractivity contribution in [3.05, 3.63) is 0 Å². The number of amides is 1. The van der Waals surface area contributed by atoms with Gasteiger partial charge in [0, 0.05) is 0 Å². The van der Waals surface area contributed by atoms with Crippen molar-refractivity contribution in [2.24, 2.45) is 5.92 Å². The van der Waals surface area contributed by atoms with Gasteiger partial charge < -0.3 is 14.8 Å². The molecule has 0 aliphatic rings. The van der Waals surface area contributed by atoms with E-state index in [0.29, 0.717) is 12.3 Å². The average Bonchev–Trinajstić information content (AvgIpc) is 2.16. The smallest absolute Gasteiger partial charge is 0.408 e. The van der Waals surface area contributed by atoms with Crippen molar-refractivity contribution >= 4 is 12.4 Å². The molecule has 102 valence electrons. The van der Waals surface area contributed by atoms with Crippen LogP contribution in [0.25, 0.3) is 0 Å². The van der Waals surface area contributed by atoms with Crippen LogP contribution in [0.1, 0.15) is 54.9 Å². The molecular formula is C13H27NO3. The Kier molecular flexibility index (Phi) is 9.72. The number of hydrogen-bond donors (Lipinski definition) is 1. The third-order valence-electron chi connectivity index (χ3n) is 1.59. The molecule has 0 radical (unpaired) electrons. The highest BCUT2D eigenvalue weighted by Crippen LogP contribution is 2.08. The topological polar surface area (TPSA) is 55.4 Å². The van der Waals surface area contributed by atoms with Crippen LogP contribution >= 0.6 is 0 Å². The number of nitrogens with one attached hydrogen (secondary N) is 1. The molecule has 0 saturated heterocycles. The number of rotatable bonds is 4. The third kappa shape index (κ3) is 12.9. The lowest BCUT2D eigenvalue weighted by molar-refractivity contribution is -0.110. The van der Waals surface area contributed by atoms with E-state index in [0.717, 1.165) is 6.29 Å². The molecule has 4 nitrogen and oxygen atoms in total. The van der Waals surface area contributed by atoms with E-state index < -0.39 is 17.7 Å². The maximum absolute atomic E-state index is 11.3. The first kappa shape index (κ1) is 18.3. The Hall–Kier alpha value is -1.06. The van der Waals surface area contributed by atoms with E-state index in [1.807, 2.05) is 27.7 Å². The zero-order valence-electron chi connectivity index (χ0n) is 12.2. The average molecular weight is 245 g/mol. The molecule has 1 atom stereocenters. The summed E-state index contributed by atoms with van der Waals surface area (Å²) in [7, 11) is 0. The van der Waals surface area contributed by atoms with Crippen molar-refractivity contribution < 1.29 is 14.3 Å². The first-order valence-electron chi connectivity index (χ1n) is 6.19. The van der Waals surface area contributed by atoms with Crippen LogP contribution in [0.4, 0.5) is 4.79 Å². The van der Waals surface area contributed by atoms with Gasteiger partial charge in [0.1, 0.15) is 11.9 Å². The molecule has 0 saturated carbocycles. The Labute approximate surface area is 105 Å². The molecule has 0 heterocycles. The van der Waals surface area contributed by atoms with E-state index in [2.05, 4.69) is 5.32 Å². The second-order valence-electron chi connectivity index (χ2n) is 5.02. The van der Waals surface area contributed by atoms with Gasteiger partial charge in [0.25, 0.3) is 0 Å². The van der Waals surface area contributed by atoms with E-state index in [9.17, 15) is 9.59 Å². The lowest BCUT2D eigenvalue weighted by Crippen LogP contribution is -2.40. The molecule has 0 bridgehead atoms. The van der Waals surface area contributed by atoms with Crippen LogP contribution in [0.2, 0.25) is 0 Å². The van der Waals surface area contributed by atoms with Gasteiger partial charge in [-0.1, -0.05) is 27.7 Å². The first-order valence-corrected chi connectivity index (χ1v) is 6.19. The zero-order valence-corrected chi connectivity index (χ0v) is 12.2. The van der Waals surface area contributed by atoms with Crippen molar-refractivity contribution in [2.45, 2.75) is 66.5 Å². The van der Waals surface area contributed by atoms with Gasteiger partial charge in [0.2, 0.25) is 0 Å². The van der Waals surface area contributed by atoms with Crippen LogP contribution in [0.5, 0.6) is 0 Å². The molecule has 0 fully saturated rings. The summed E-state index contributed by atoms with van der Waals surface area (Å²) >= 11 is 0. The van der Waals surface area contributed by atoms with Crippen molar-refractivity contribution in [3.8, 4) is 0 Å². The standard InChI is InChI=1S/C11H21NO3.C2H6/c1-8(2)6-9(7-13)12-10(14)15-11(3,4)5;1-2/h7-9H,6H2,1-5H3,(H,12,14);1-2H3/t9-;/m0./s1. The second kappa shape index (κ2) is 9.02. The summed E-state index contributed by atoms with van der Waals surface area (Å²) in [5.74, 6) is 0.357. The number of aldehydes is 1. The molecular weight excluding hydrogens is 218 g/mol. The second-order valence-corrected chi connectivity index (χ2v) is 5.02. The molecule has 0 unspecified atom stereocenters. The molecule has 0 aromatic heterocycles. The Morgan fingerprint density at radius 3 is 2.06 bits per heavy atom. The lowest BCUT2D eigenvalue weighted by atomic mass is 10.1. The minimum absolute atomic E-state index is 0.357. The van der Waals surface area contributed by atoms with Crippen molar-refractivity contribution in [3.63, 3.8) is 0 Å². The molecule has 4 heteroatoms. The largest absolute Gasteiger partial charge is 0.444 e. The van der Waals surface area contributed by atoms with E-state index in [-0.39, 0.29) is 0 Å². The van der Waals surface area contributed by atoms with Crippen LogP contribution in [0.3, 0.4) is 0 Å². The molecule has 0 spiro atoms. The molecule has 0 aliphatic heterocycles. The Morgan fingerprint density at radius 1 is 1.29 bits per heavy atom. The normalized spacial score (nSPS) is 12.2. The predicted molar refractivity (Wildman–Crippen MR) is 70.0 cm³/mol. The highest BCUT2D eigenvalue weighted by atomic mass is 16.6. The first-order chi connectivity index (χ1) is 7.74. The molecule has 0 rings (SSSR count). The Bertz CT molecular complexity index is 219. The summed E-state index contributed by atoms with van der Waals surface area (Å²) < 4.78 is 5.04. The number of alkyl carbamates (subject to hydrolysis) is 1. The number of carbonyl (C=O) groups is 2. The Balaban J connectivity index is 0. The van der Waals surface area contributed by atoms with Gasteiger partial charge in [0.05, 0.1) is 6.04 Å². The summed E-state index contributed by atoms with van der Waals surface area (Å²) in [5, 5.41) is 2.53. The van der Waals surface area contributed by atoms with Crippen molar-refractivity contribution in [2.75, 3.05) is 0 Å². The zero-order chi connectivity index (χ0) is 14.1. The third-order valence-corrected chi connectivity index (χ3v) is 1.59. The quantitative estimate of drug-likeness (QED) is 0.774. The molecule has 1 N–H and O–H groups in total. The maximum atomic E-state index is 11.3. The van der Waals surface area contributed by atoms with Gasteiger partial charge >= 0.3 is 6.09 Å². The van der Waals surface area contributed by atoms with E-state index in [1.54, 1.807) is 20.8 Å². The van der Waals surface area contributed by atoms with Gasteiger partial charge in [-0.05, 0) is 33.1 Å². The van der Waals surface area contributed by atoms with Gasteiger partial charge in [-0.2, -0.15) is 0 Å². The minimum Gasteiger partial charge on any atom is -0.444 e. The van der Waals surface area contributed by atoms with Crippen LogP contribution in [-0.4, -0.2) is 24.0 Å². The van der Waals surface area contributed by atoms with E-state index in [4.69, 9.17) is 4.74 Å². The fraction of sp³-hybridized carbons (Fsp3) is 0.846. The summed E-state index contributed by atoms with van der Waals surface area (Å²) in [5.41, 5.74) is -0.532. The van der Waals surface area contributed by atoms with Crippen LogP contribution < -0.4 is 5.32 Å². The number of hydrogen-bond acceptors (Lipinski definition) is 3.